The first-order chi connectivity index (χ1) is 7.66. The largest absolute Gasteiger partial charge is 0.352 e. The molecule has 1 aliphatic carbocycles. The summed E-state index contributed by atoms with van der Waals surface area (Å²) in [6.07, 6.45) is 4.14. The molecule has 0 bridgehead atoms. The van der Waals surface area contributed by atoms with Crippen LogP contribution in [0.4, 0.5) is 0 Å². The molecule has 4 nitrogen and oxygen atoms in total. The molecule has 0 spiro atoms. The fraction of sp³-hybridized carbons (Fsp3) is 0.500. The molecule has 1 amide bonds. The summed E-state index contributed by atoms with van der Waals surface area (Å²) in [5.74, 6) is -0.0158. The van der Waals surface area contributed by atoms with Crippen molar-refractivity contribution in [3.63, 3.8) is 0 Å². The van der Waals surface area contributed by atoms with Gasteiger partial charge in [0.05, 0.1) is 11.2 Å². The second-order valence-electron chi connectivity index (χ2n) is 4.29. The van der Waals surface area contributed by atoms with Crippen LogP contribution in [0.5, 0.6) is 0 Å². The zero-order valence-corrected chi connectivity index (χ0v) is 9.71. The number of nitrogens with zero attached hydrogens (tertiary/aromatic N) is 1. The Balaban J connectivity index is 2.02. The van der Waals surface area contributed by atoms with Crippen molar-refractivity contribution in [3.8, 4) is 0 Å². The highest BCUT2D eigenvalue weighted by Crippen LogP contribution is 2.43. The van der Waals surface area contributed by atoms with E-state index in [-0.39, 0.29) is 11.4 Å². The number of pyridine rings is 1. The molecule has 1 fully saturated rings. The molecule has 1 saturated carbocycles. The highest BCUT2D eigenvalue weighted by molar-refractivity contribution is 5.72. The molecule has 1 aromatic rings. The molecule has 0 unspecified atom stereocenters. The summed E-state index contributed by atoms with van der Waals surface area (Å²) in [6, 6.07) is 4.07. The van der Waals surface area contributed by atoms with Crippen molar-refractivity contribution >= 4 is 5.91 Å². The van der Waals surface area contributed by atoms with E-state index in [1.165, 1.54) is 6.92 Å². The third kappa shape index (κ3) is 2.22. The lowest BCUT2D eigenvalue weighted by atomic mass is 10.1. The van der Waals surface area contributed by atoms with Crippen molar-refractivity contribution in [2.24, 2.45) is 0 Å². The Kier molecular flexibility index (Phi) is 2.92. The number of carbonyl (C=O) groups is 1. The van der Waals surface area contributed by atoms with Gasteiger partial charge < -0.3 is 10.6 Å². The minimum Gasteiger partial charge on any atom is -0.352 e. The molecular formula is C12H17N3O. The predicted molar refractivity (Wildman–Crippen MR) is 61.7 cm³/mol. The molecule has 16 heavy (non-hydrogen) atoms. The van der Waals surface area contributed by atoms with Crippen LogP contribution in [0.25, 0.3) is 0 Å². The zero-order valence-electron chi connectivity index (χ0n) is 9.71. The Morgan fingerprint density at radius 2 is 2.25 bits per heavy atom. The molecule has 0 aromatic carbocycles. The van der Waals surface area contributed by atoms with E-state index in [9.17, 15) is 4.79 Å². The van der Waals surface area contributed by atoms with Crippen molar-refractivity contribution in [3.05, 3.63) is 29.6 Å². The van der Waals surface area contributed by atoms with Crippen LogP contribution in [-0.2, 0) is 16.9 Å². The van der Waals surface area contributed by atoms with Gasteiger partial charge in [0.1, 0.15) is 0 Å². The maximum atomic E-state index is 10.8. The van der Waals surface area contributed by atoms with Gasteiger partial charge in [-0.25, -0.2) is 0 Å². The van der Waals surface area contributed by atoms with Gasteiger partial charge in [0.15, 0.2) is 0 Å². The third-order valence-corrected chi connectivity index (χ3v) is 3.09. The molecule has 0 atom stereocenters. The van der Waals surface area contributed by atoms with Gasteiger partial charge in [-0.1, -0.05) is 6.07 Å². The molecule has 1 heterocycles. The minimum atomic E-state index is -0.0158. The quantitative estimate of drug-likeness (QED) is 0.792. The predicted octanol–water partition coefficient (Wildman–Crippen LogP) is 0.926. The molecule has 1 aliphatic rings. The molecule has 1 aromatic heterocycles. The molecule has 4 heteroatoms. The summed E-state index contributed by atoms with van der Waals surface area (Å²) in [5, 5.41) is 6.06. The number of aromatic nitrogens is 1. The van der Waals surface area contributed by atoms with Crippen LogP contribution in [0.15, 0.2) is 18.3 Å². The van der Waals surface area contributed by atoms with E-state index >= 15 is 0 Å². The van der Waals surface area contributed by atoms with Crippen molar-refractivity contribution in [2.45, 2.75) is 31.8 Å². The molecule has 86 valence electrons. The first-order valence-corrected chi connectivity index (χ1v) is 5.55. The lowest BCUT2D eigenvalue weighted by Crippen LogP contribution is -2.26. The fourth-order valence-corrected chi connectivity index (χ4v) is 1.80. The molecule has 0 radical (unpaired) electrons. The SMILES string of the molecule is CNC1(c2ccc(CNC(C)=O)cn2)CC1. The number of rotatable bonds is 4. The van der Waals surface area contributed by atoms with Crippen molar-refractivity contribution in [1.29, 1.82) is 0 Å². The topological polar surface area (TPSA) is 54.0 Å². The molecule has 0 aliphatic heterocycles. The highest BCUT2D eigenvalue weighted by Gasteiger charge is 2.43. The second kappa shape index (κ2) is 4.22. The minimum absolute atomic E-state index is 0.0158. The Morgan fingerprint density at radius 1 is 1.50 bits per heavy atom. The number of carbonyl (C=O) groups excluding carboxylic acids is 1. The van der Waals surface area contributed by atoms with Gasteiger partial charge in [0.25, 0.3) is 0 Å². The molecular weight excluding hydrogens is 202 g/mol. The van der Waals surface area contributed by atoms with Gasteiger partial charge in [0.2, 0.25) is 5.91 Å². The van der Waals surface area contributed by atoms with E-state index in [1.807, 2.05) is 25.4 Å². The van der Waals surface area contributed by atoms with Gasteiger partial charge in [-0.15, -0.1) is 0 Å². The number of amides is 1. The average Bonchev–Trinajstić information content (AvgIpc) is 3.08. The lowest BCUT2D eigenvalue weighted by molar-refractivity contribution is -0.119. The van der Waals surface area contributed by atoms with Gasteiger partial charge in [0, 0.05) is 19.7 Å². The Hall–Kier alpha value is -1.42. The molecule has 2 N–H and O–H groups in total. The lowest BCUT2D eigenvalue weighted by Gasteiger charge is -2.13. The maximum Gasteiger partial charge on any atom is 0.217 e. The standard InChI is InChI=1S/C12H17N3O/c1-9(16)14-7-10-3-4-11(15-8-10)12(13-2)5-6-12/h3-4,8,13H,5-7H2,1-2H3,(H,14,16). The monoisotopic (exact) mass is 219 g/mol. The van der Waals surface area contributed by atoms with E-state index in [2.05, 4.69) is 15.6 Å². The summed E-state index contributed by atoms with van der Waals surface area (Å²) in [5.41, 5.74) is 2.25. The number of hydrogen-bond donors (Lipinski definition) is 2. The van der Waals surface area contributed by atoms with E-state index in [1.54, 1.807) is 0 Å². The first kappa shape index (κ1) is 11.1. The summed E-state index contributed by atoms with van der Waals surface area (Å²) in [4.78, 5) is 15.2. The summed E-state index contributed by atoms with van der Waals surface area (Å²) in [6.45, 7) is 2.07. The summed E-state index contributed by atoms with van der Waals surface area (Å²) >= 11 is 0. The van der Waals surface area contributed by atoms with Gasteiger partial charge in [-0.3, -0.25) is 9.78 Å². The van der Waals surface area contributed by atoms with E-state index in [0.717, 1.165) is 24.1 Å². The van der Waals surface area contributed by atoms with Crippen LogP contribution in [0.1, 0.15) is 31.0 Å². The smallest absolute Gasteiger partial charge is 0.217 e. The third-order valence-electron chi connectivity index (χ3n) is 3.09. The van der Waals surface area contributed by atoms with E-state index < -0.39 is 0 Å². The van der Waals surface area contributed by atoms with Crippen molar-refractivity contribution < 1.29 is 4.79 Å². The zero-order chi connectivity index (χ0) is 11.6. The molecule has 0 saturated heterocycles. The number of hydrogen-bond acceptors (Lipinski definition) is 3. The van der Waals surface area contributed by atoms with Crippen LogP contribution < -0.4 is 10.6 Å². The second-order valence-corrected chi connectivity index (χ2v) is 4.29. The summed E-state index contributed by atoms with van der Waals surface area (Å²) in [7, 11) is 1.97. The Morgan fingerprint density at radius 3 is 2.69 bits per heavy atom. The van der Waals surface area contributed by atoms with Crippen LogP contribution in [0.2, 0.25) is 0 Å². The number of nitrogens with one attached hydrogen (secondary N) is 2. The molecule has 2 rings (SSSR count). The summed E-state index contributed by atoms with van der Waals surface area (Å²) < 4.78 is 0. The van der Waals surface area contributed by atoms with Gasteiger partial charge in [-0.2, -0.15) is 0 Å². The Labute approximate surface area is 95.5 Å². The van der Waals surface area contributed by atoms with Crippen molar-refractivity contribution in [1.82, 2.24) is 15.6 Å². The first-order valence-electron chi connectivity index (χ1n) is 5.55. The fourth-order valence-electron chi connectivity index (χ4n) is 1.80. The van der Waals surface area contributed by atoms with Gasteiger partial charge >= 0.3 is 0 Å². The van der Waals surface area contributed by atoms with E-state index in [4.69, 9.17) is 0 Å². The van der Waals surface area contributed by atoms with Crippen LogP contribution in [-0.4, -0.2) is 17.9 Å². The maximum absolute atomic E-state index is 10.8. The highest BCUT2D eigenvalue weighted by atomic mass is 16.1. The van der Waals surface area contributed by atoms with Crippen LogP contribution in [0, 0.1) is 0 Å². The van der Waals surface area contributed by atoms with Crippen LogP contribution >= 0.6 is 0 Å². The van der Waals surface area contributed by atoms with Gasteiger partial charge in [-0.05, 0) is 31.5 Å². The Bertz CT molecular complexity index is 382. The van der Waals surface area contributed by atoms with Crippen LogP contribution in [0.3, 0.4) is 0 Å². The normalized spacial score (nSPS) is 16.9. The van der Waals surface area contributed by atoms with E-state index in [0.29, 0.717) is 6.54 Å². The average molecular weight is 219 g/mol. The van der Waals surface area contributed by atoms with Crippen molar-refractivity contribution in [2.75, 3.05) is 7.05 Å².